The predicted octanol–water partition coefficient (Wildman–Crippen LogP) is 28.8. The van der Waals surface area contributed by atoms with E-state index in [1.807, 2.05) is 0 Å². The van der Waals surface area contributed by atoms with Crippen LogP contribution in [0.5, 0.6) is 0 Å². The van der Waals surface area contributed by atoms with Crippen LogP contribution in [0.3, 0.4) is 0 Å². The van der Waals surface area contributed by atoms with E-state index < -0.39 is 0 Å². The van der Waals surface area contributed by atoms with Gasteiger partial charge in [-0.3, -0.25) is 0 Å². The lowest BCUT2D eigenvalue weighted by atomic mass is 9.84. The number of hydrogen-bond donors (Lipinski definition) is 0. The van der Waals surface area contributed by atoms with Crippen molar-refractivity contribution in [3.63, 3.8) is 0 Å². The molecule has 0 spiro atoms. The highest BCUT2D eigenvalue weighted by atomic mass is 15.0. The molecule has 0 fully saturated rings. The Morgan fingerprint density at radius 1 is 0.151 bits per heavy atom. The third kappa shape index (κ3) is 9.73. The quantitative estimate of drug-likeness (QED) is 0.106. The molecule has 2 aromatic heterocycles. The van der Waals surface area contributed by atoms with E-state index in [-0.39, 0.29) is 0 Å². The highest BCUT2D eigenvalue weighted by Gasteiger charge is 2.24. The molecule has 0 radical (unpaired) electrons. The van der Waals surface area contributed by atoms with Gasteiger partial charge in [0, 0.05) is 43.7 Å². The van der Waals surface area contributed by atoms with Gasteiger partial charge in [0.05, 0.1) is 22.1 Å². The zero-order valence-corrected chi connectivity index (χ0v) is 58.0. The van der Waals surface area contributed by atoms with E-state index in [9.17, 15) is 0 Å². The first-order valence-corrected chi connectivity index (χ1v) is 36.7. The molecule has 22 rings (SSSR count). The van der Waals surface area contributed by atoms with E-state index in [1.165, 1.54) is 197 Å². The van der Waals surface area contributed by atoms with Crippen LogP contribution in [-0.2, 0) is 0 Å². The summed E-state index contributed by atoms with van der Waals surface area (Å²) in [7, 11) is 0. The SMILES string of the molecule is c1ccc(-c2c3ccccc3c(-c3ccc(-n4c5ccccc5c5cc(-c6ccccc6)c6ccccc6c54)cc3)c3cc4ccccc4cc23)cc1.c1ccc(-c2cc3c4ccccc4n(-c4ccc(-c5c6ccccc6c(-c6ccccc6)c6c5ccc5ccccc56)cc4)c3c3ccccc23)cc1. The van der Waals surface area contributed by atoms with Crippen molar-refractivity contribution in [3.05, 3.63) is 400 Å². The molecule has 0 saturated carbocycles. The summed E-state index contributed by atoms with van der Waals surface area (Å²) in [6.45, 7) is 0. The fourth-order valence-electron chi connectivity index (χ4n) is 17.7. The lowest BCUT2D eigenvalue weighted by molar-refractivity contribution is 1.19. The highest BCUT2D eigenvalue weighted by Crippen LogP contribution is 2.50. The van der Waals surface area contributed by atoms with Crippen LogP contribution in [0.25, 0.3) is 208 Å². The van der Waals surface area contributed by atoms with E-state index in [4.69, 9.17) is 0 Å². The molecule has 106 heavy (non-hydrogen) atoms. The first-order chi connectivity index (χ1) is 52.6. The van der Waals surface area contributed by atoms with Crippen LogP contribution >= 0.6 is 0 Å². The zero-order chi connectivity index (χ0) is 69.8. The summed E-state index contributed by atoms with van der Waals surface area (Å²) in [6, 6.07) is 147. The lowest BCUT2D eigenvalue weighted by Gasteiger charge is -2.19. The fourth-order valence-corrected chi connectivity index (χ4v) is 17.7. The topological polar surface area (TPSA) is 9.86 Å². The molecule has 0 unspecified atom stereocenters. The molecule has 0 atom stereocenters. The monoisotopic (exact) mass is 1340 g/mol. The van der Waals surface area contributed by atoms with Crippen LogP contribution in [0.1, 0.15) is 0 Å². The van der Waals surface area contributed by atoms with Crippen molar-refractivity contribution < 1.29 is 0 Å². The molecule has 0 aliphatic rings. The molecule has 492 valence electrons. The van der Waals surface area contributed by atoms with Crippen molar-refractivity contribution in [2.45, 2.75) is 0 Å². The summed E-state index contributed by atoms with van der Waals surface area (Å²) in [4.78, 5) is 0. The molecule has 22 aromatic rings. The normalized spacial score (nSPS) is 11.8. The van der Waals surface area contributed by atoms with Crippen molar-refractivity contribution in [3.8, 4) is 78.1 Å². The molecule has 2 heteroatoms. The Labute approximate surface area is 613 Å². The summed E-state index contributed by atoms with van der Waals surface area (Å²) in [5, 5.41) is 25.3. The molecular formula is C104H66N2. The van der Waals surface area contributed by atoms with Crippen LogP contribution in [0.4, 0.5) is 0 Å². The van der Waals surface area contributed by atoms with E-state index >= 15 is 0 Å². The van der Waals surface area contributed by atoms with Crippen LogP contribution < -0.4 is 0 Å². The Hall–Kier alpha value is -13.9. The third-order valence-electron chi connectivity index (χ3n) is 22.3. The molecule has 0 amide bonds. The van der Waals surface area contributed by atoms with Gasteiger partial charge < -0.3 is 9.13 Å². The second-order valence-electron chi connectivity index (χ2n) is 28.0. The van der Waals surface area contributed by atoms with Gasteiger partial charge in [-0.15, -0.1) is 0 Å². The van der Waals surface area contributed by atoms with Gasteiger partial charge in [-0.05, 0) is 203 Å². The van der Waals surface area contributed by atoms with Crippen LogP contribution in [0, 0.1) is 0 Å². The van der Waals surface area contributed by atoms with Crippen molar-refractivity contribution >= 4 is 130 Å². The first-order valence-electron chi connectivity index (χ1n) is 36.7. The third-order valence-corrected chi connectivity index (χ3v) is 22.3. The number of fused-ring (bicyclic) bond motifs is 17. The summed E-state index contributed by atoms with van der Waals surface area (Å²) in [6.07, 6.45) is 0. The average Bonchev–Trinajstić information content (AvgIpc) is 1.71. The van der Waals surface area contributed by atoms with E-state index in [0.717, 1.165) is 11.4 Å². The van der Waals surface area contributed by atoms with Gasteiger partial charge in [0.25, 0.3) is 0 Å². The highest BCUT2D eigenvalue weighted by molar-refractivity contribution is 6.29. The Morgan fingerprint density at radius 2 is 0.453 bits per heavy atom. The molecule has 2 heterocycles. The summed E-state index contributed by atoms with van der Waals surface area (Å²) < 4.78 is 4.93. The summed E-state index contributed by atoms with van der Waals surface area (Å²) in [5.74, 6) is 0. The van der Waals surface area contributed by atoms with E-state index in [1.54, 1.807) is 0 Å². The smallest absolute Gasteiger partial charge is 0.0619 e. The van der Waals surface area contributed by atoms with Gasteiger partial charge in [-0.1, -0.05) is 340 Å². The Kier molecular flexibility index (Phi) is 14.3. The maximum Gasteiger partial charge on any atom is 0.0619 e. The number of aromatic nitrogens is 2. The van der Waals surface area contributed by atoms with Gasteiger partial charge in [-0.25, -0.2) is 0 Å². The molecule has 0 N–H and O–H groups in total. The summed E-state index contributed by atoms with van der Waals surface area (Å²) >= 11 is 0. The maximum absolute atomic E-state index is 2.47. The van der Waals surface area contributed by atoms with Gasteiger partial charge in [0.2, 0.25) is 0 Å². The van der Waals surface area contributed by atoms with Crippen molar-refractivity contribution in [2.24, 2.45) is 0 Å². The van der Waals surface area contributed by atoms with Crippen LogP contribution in [-0.4, -0.2) is 9.13 Å². The second kappa shape index (κ2) is 25.0. The number of nitrogens with zero attached hydrogens (tertiary/aromatic N) is 2. The number of benzene rings is 20. The van der Waals surface area contributed by atoms with Gasteiger partial charge in [0.15, 0.2) is 0 Å². The van der Waals surface area contributed by atoms with E-state index in [2.05, 4.69) is 410 Å². The molecular weight excluding hydrogens is 1280 g/mol. The minimum Gasteiger partial charge on any atom is -0.309 e. The predicted molar refractivity (Wildman–Crippen MR) is 454 cm³/mol. The van der Waals surface area contributed by atoms with Gasteiger partial charge in [0.1, 0.15) is 0 Å². The number of rotatable bonds is 8. The molecule has 0 aliphatic carbocycles. The lowest BCUT2D eigenvalue weighted by Crippen LogP contribution is -1.96. The minimum absolute atomic E-state index is 1.15. The van der Waals surface area contributed by atoms with E-state index in [0.29, 0.717) is 0 Å². The zero-order valence-electron chi connectivity index (χ0n) is 58.0. The minimum atomic E-state index is 1.15. The van der Waals surface area contributed by atoms with Crippen molar-refractivity contribution in [1.29, 1.82) is 0 Å². The van der Waals surface area contributed by atoms with Crippen LogP contribution in [0.15, 0.2) is 400 Å². The average molecular weight is 1340 g/mol. The van der Waals surface area contributed by atoms with Gasteiger partial charge in [-0.2, -0.15) is 0 Å². The van der Waals surface area contributed by atoms with Crippen molar-refractivity contribution in [1.82, 2.24) is 9.13 Å². The second-order valence-corrected chi connectivity index (χ2v) is 28.0. The number of para-hydroxylation sites is 2. The first kappa shape index (κ1) is 60.8. The van der Waals surface area contributed by atoms with Crippen LogP contribution in [0.2, 0.25) is 0 Å². The maximum atomic E-state index is 2.47. The van der Waals surface area contributed by atoms with Gasteiger partial charge >= 0.3 is 0 Å². The molecule has 0 bridgehead atoms. The Balaban J connectivity index is 0.000000136. The Bertz CT molecular complexity index is 6990. The molecule has 2 nitrogen and oxygen atoms in total. The standard InChI is InChI=1S/2C52H33N/c1-3-15-34(16-4-1)46-33-47-41-22-13-14-26-48(41)53(52(47)44-25-12-9-21-40(44)46)38-30-27-37(28-31-38)49-42-23-10-11-24-43(42)50(36-18-5-2-6-19-36)51-39-20-8-7-17-35(39)29-32-45(49)51;1-3-15-34(16-4-1)45-33-48-41-22-13-14-26-49(41)53(52(48)44-25-12-9-21-40(44)45)39-29-27-36(28-30-39)51-43-24-11-10-23-42(43)50(35-17-5-2-6-18-35)46-31-37-19-7-8-20-38(37)32-47(46)51/h2*1-33H. The van der Waals surface area contributed by atoms with Crippen molar-refractivity contribution in [2.75, 3.05) is 0 Å². The molecule has 0 saturated heterocycles. The fraction of sp³-hybridized carbons (Fsp3) is 0. The largest absolute Gasteiger partial charge is 0.309 e. The molecule has 20 aromatic carbocycles. The Morgan fingerprint density at radius 3 is 0.877 bits per heavy atom. The summed E-state index contributed by atoms with van der Waals surface area (Å²) in [5.41, 5.74) is 22.2. The number of hydrogen-bond acceptors (Lipinski definition) is 0. The molecule has 0 aliphatic heterocycles.